The summed E-state index contributed by atoms with van der Waals surface area (Å²) in [5, 5.41) is 8.37. The molecule has 1 N–H and O–H groups in total. The van der Waals surface area contributed by atoms with E-state index in [0.29, 0.717) is 40.0 Å². The van der Waals surface area contributed by atoms with E-state index in [4.69, 9.17) is 19.2 Å². The van der Waals surface area contributed by atoms with Gasteiger partial charge < -0.3 is 19.5 Å². The van der Waals surface area contributed by atoms with Crippen molar-refractivity contribution < 1.29 is 23.8 Å². The first-order valence-electron chi connectivity index (χ1n) is 11.2. The van der Waals surface area contributed by atoms with Crippen molar-refractivity contribution in [3.63, 3.8) is 0 Å². The summed E-state index contributed by atoms with van der Waals surface area (Å²) in [6.45, 7) is 5.15. The molecular weight excluding hydrogens is 460 g/mol. The minimum Gasteiger partial charge on any atom is -0.494 e. The van der Waals surface area contributed by atoms with Gasteiger partial charge in [0.25, 0.3) is 0 Å². The number of para-hydroxylation sites is 1. The first kappa shape index (κ1) is 24.5. The average Bonchev–Trinajstić information content (AvgIpc) is 3.22. The zero-order chi connectivity index (χ0) is 25.8. The van der Waals surface area contributed by atoms with Gasteiger partial charge in [-0.15, -0.1) is 0 Å². The molecule has 36 heavy (non-hydrogen) atoms. The van der Waals surface area contributed by atoms with Gasteiger partial charge in [-0.2, -0.15) is 9.78 Å². The Balaban J connectivity index is 1.59. The highest BCUT2D eigenvalue weighted by Crippen LogP contribution is 2.30. The third kappa shape index (κ3) is 5.20. The van der Waals surface area contributed by atoms with E-state index in [-0.39, 0.29) is 5.91 Å². The van der Waals surface area contributed by atoms with Crippen LogP contribution in [0.2, 0.25) is 0 Å². The number of amides is 1. The van der Waals surface area contributed by atoms with E-state index in [0.717, 1.165) is 16.6 Å². The van der Waals surface area contributed by atoms with Gasteiger partial charge in [0.15, 0.2) is 17.3 Å². The van der Waals surface area contributed by atoms with Gasteiger partial charge >= 0.3 is 5.97 Å². The molecule has 0 bridgehead atoms. The number of anilines is 1. The number of nitrogens with zero attached hydrogens (tertiary/aromatic N) is 3. The lowest BCUT2D eigenvalue weighted by Crippen LogP contribution is -2.13. The Morgan fingerprint density at radius 1 is 0.972 bits per heavy atom. The number of hydrogen-bond acceptors (Lipinski definition) is 7. The standard InChI is InChI=1S/C27H26N4O5/c1-16-13-24(29-27-20(16)7-6-8-22(27)34-4)31-25(14-17(2)30-31)28-26(33)12-10-19-9-11-21(36-18(3)32)23(15-19)35-5/h6-15H,1-5H3,(H,28,33)/b12-10+. The quantitative estimate of drug-likeness (QED) is 0.231. The molecule has 0 spiro atoms. The summed E-state index contributed by atoms with van der Waals surface area (Å²) in [5.74, 6) is 1.58. The zero-order valence-electron chi connectivity index (χ0n) is 20.7. The number of aromatic nitrogens is 3. The predicted molar refractivity (Wildman–Crippen MR) is 137 cm³/mol. The van der Waals surface area contributed by atoms with Crippen molar-refractivity contribution in [1.29, 1.82) is 0 Å². The van der Waals surface area contributed by atoms with Gasteiger partial charge in [-0.1, -0.05) is 18.2 Å². The first-order chi connectivity index (χ1) is 17.3. The minimum absolute atomic E-state index is 0.306. The van der Waals surface area contributed by atoms with Crippen LogP contribution in [0, 0.1) is 13.8 Å². The number of nitrogens with one attached hydrogen (secondary N) is 1. The van der Waals surface area contributed by atoms with Gasteiger partial charge in [0.1, 0.15) is 17.1 Å². The number of carbonyl (C=O) groups is 2. The Bertz CT molecular complexity index is 1490. The van der Waals surface area contributed by atoms with Crippen molar-refractivity contribution in [2.45, 2.75) is 20.8 Å². The lowest BCUT2D eigenvalue weighted by molar-refractivity contribution is -0.132. The van der Waals surface area contributed by atoms with Crippen molar-refractivity contribution in [3.8, 4) is 23.1 Å². The van der Waals surface area contributed by atoms with E-state index in [1.165, 1.54) is 20.1 Å². The van der Waals surface area contributed by atoms with Crippen LogP contribution in [-0.2, 0) is 9.59 Å². The largest absolute Gasteiger partial charge is 0.494 e. The second-order valence-electron chi connectivity index (χ2n) is 8.06. The van der Waals surface area contributed by atoms with E-state index in [2.05, 4.69) is 10.4 Å². The van der Waals surface area contributed by atoms with Crippen LogP contribution in [0.15, 0.2) is 54.6 Å². The van der Waals surface area contributed by atoms with Crippen LogP contribution in [0.5, 0.6) is 17.2 Å². The Hall–Kier alpha value is -4.66. The van der Waals surface area contributed by atoms with E-state index in [1.807, 2.05) is 38.1 Å². The number of esters is 1. The number of fused-ring (bicyclic) bond motifs is 1. The molecule has 0 aliphatic rings. The molecule has 0 aliphatic heterocycles. The Labute approximate surface area is 208 Å². The summed E-state index contributed by atoms with van der Waals surface area (Å²) in [6.07, 6.45) is 3.03. The fourth-order valence-electron chi connectivity index (χ4n) is 3.78. The molecule has 4 rings (SSSR count). The molecule has 0 aliphatic carbocycles. The van der Waals surface area contributed by atoms with Crippen LogP contribution < -0.4 is 19.5 Å². The summed E-state index contributed by atoms with van der Waals surface area (Å²) in [4.78, 5) is 28.7. The van der Waals surface area contributed by atoms with Gasteiger partial charge in [-0.25, -0.2) is 4.98 Å². The van der Waals surface area contributed by atoms with Crippen LogP contribution in [0.1, 0.15) is 23.7 Å². The third-order valence-electron chi connectivity index (χ3n) is 5.38. The minimum atomic E-state index is -0.447. The summed E-state index contributed by atoms with van der Waals surface area (Å²) in [5.41, 5.74) is 3.14. The number of hydrogen-bond donors (Lipinski definition) is 1. The van der Waals surface area contributed by atoms with Crippen LogP contribution in [0.3, 0.4) is 0 Å². The van der Waals surface area contributed by atoms with E-state index >= 15 is 0 Å². The fraction of sp³-hybridized carbons (Fsp3) is 0.185. The molecule has 9 nitrogen and oxygen atoms in total. The Morgan fingerprint density at radius 2 is 1.75 bits per heavy atom. The normalized spacial score (nSPS) is 11.0. The second kappa shape index (κ2) is 10.3. The molecule has 0 fully saturated rings. The van der Waals surface area contributed by atoms with E-state index < -0.39 is 5.97 Å². The molecule has 1 amide bonds. The molecule has 0 unspecified atom stereocenters. The monoisotopic (exact) mass is 486 g/mol. The molecule has 9 heteroatoms. The summed E-state index contributed by atoms with van der Waals surface area (Å²) in [6, 6.07) is 14.4. The van der Waals surface area contributed by atoms with Gasteiger partial charge in [0.05, 0.1) is 19.9 Å². The molecular formula is C27H26N4O5. The van der Waals surface area contributed by atoms with Gasteiger partial charge in [-0.05, 0) is 55.3 Å². The maximum absolute atomic E-state index is 12.7. The molecule has 0 saturated carbocycles. The molecule has 0 radical (unpaired) electrons. The fourth-order valence-corrected chi connectivity index (χ4v) is 3.78. The van der Waals surface area contributed by atoms with Crippen LogP contribution in [0.4, 0.5) is 5.82 Å². The molecule has 2 aromatic heterocycles. The van der Waals surface area contributed by atoms with Gasteiger partial charge in [0, 0.05) is 24.5 Å². The number of benzene rings is 2. The maximum Gasteiger partial charge on any atom is 0.308 e. The number of ether oxygens (including phenoxy) is 3. The first-order valence-corrected chi connectivity index (χ1v) is 11.2. The highest BCUT2D eigenvalue weighted by atomic mass is 16.6. The molecule has 2 heterocycles. The molecule has 0 saturated heterocycles. The zero-order valence-corrected chi connectivity index (χ0v) is 20.7. The summed E-state index contributed by atoms with van der Waals surface area (Å²) in [7, 11) is 3.08. The Morgan fingerprint density at radius 3 is 2.47 bits per heavy atom. The van der Waals surface area contributed by atoms with E-state index in [1.54, 1.807) is 42.1 Å². The highest BCUT2D eigenvalue weighted by Gasteiger charge is 2.14. The van der Waals surface area contributed by atoms with Crippen LogP contribution >= 0.6 is 0 Å². The van der Waals surface area contributed by atoms with Crippen molar-refractivity contribution >= 4 is 34.7 Å². The van der Waals surface area contributed by atoms with Crippen LogP contribution in [-0.4, -0.2) is 40.9 Å². The molecule has 4 aromatic rings. The SMILES string of the molecule is COc1cc(/C=C/C(=O)Nc2cc(C)nn2-c2cc(C)c3cccc(OC)c3n2)ccc1OC(C)=O. The number of aryl methyl sites for hydroxylation is 2. The van der Waals surface area contributed by atoms with Crippen molar-refractivity contribution in [2.24, 2.45) is 0 Å². The number of carbonyl (C=O) groups excluding carboxylic acids is 2. The topological polar surface area (TPSA) is 105 Å². The van der Waals surface area contributed by atoms with Crippen molar-refractivity contribution in [3.05, 3.63) is 71.4 Å². The van der Waals surface area contributed by atoms with Crippen molar-refractivity contribution in [2.75, 3.05) is 19.5 Å². The maximum atomic E-state index is 12.7. The lowest BCUT2D eigenvalue weighted by atomic mass is 10.1. The number of methoxy groups -OCH3 is 2. The molecule has 184 valence electrons. The van der Waals surface area contributed by atoms with Crippen LogP contribution in [0.25, 0.3) is 22.8 Å². The third-order valence-corrected chi connectivity index (χ3v) is 5.38. The summed E-state index contributed by atoms with van der Waals surface area (Å²) >= 11 is 0. The molecule has 0 atom stereocenters. The van der Waals surface area contributed by atoms with E-state index in [9.17, 15) is 9.59 Å². The second-order valence-corrected chi connectivity index (χ2v) is 8.06. The van der Waals surface area contributed by atoms with Gasteiger partial charge in [0.2, 0.25) is 5.91 Å². The smallest absolute Gasteiger partial charge is 0.308 e. The average molecular weight is 487 g/mol. The number of rotatable bonds is 7. The Kier molecular flexibility index (Phi) is 7.00. The lowest BCUT2D eigenvalue weighted by Gasteiger charge is -2.12. The van der Waals surface area contributed by atoms with Gasteiger partial charge in [-0.3, -0.25) is 9.59 Å². The highest BCUT2D eigenvalue weighted by molar-refractivity contribution is 6.01. The van der Waals surface area contributed by atoms with Crippen molar-refractivity contribution in [1.82, 2.24) is 14.8 Å². The molecule has 2 aromatic carbocycles. The number of pyridine rings is 1. The summed E-state index contributed by atoms with van der Waals surface area (Å²) < 4.78 is 17.5. The predicted octanol–water partition coefficient (Wildman–Crippen LogP) is 4.63.